The summed E-state index contributed by atoms with van der Waals surface area (Å²) in [6, 6.07) is 4.51. The second-order valence-corrected chi connectivity index (χ2v) is 4.40. The Hall–Kier alpha value is -0.890. The van der Waals surface area contributed by atoms with Gasteiger partial charge in [-0.15, -0.1) is 0 Å². The summed E-state index contributed by atoms with van der Waals surface area (Å²) in [5.74, 6) is 0. The average Bonchev–Trinajstić information content (AvgIpc) is 2.12. The van der Waals surface area contributed by atoms with Gasteiger partial charge in [-0.2, -0.15) is 0 Å². The van der Waals surface area contributed by atoms with Crippen molar-refractivity contribution in [1.29, 1.82) is 0 Å². The van der Waals surface area contributed by atoms with Crippen molar-refractivity contribution in [3.05, 3.63) is 22.7 Å². The van der Waals surface area contributed by atoms with Crippen LogP contribution in [0, 0.1) is 6.92 Å². The Labute approximate surface area is 89.9 Å². The molecule has 0 bridgehead atoms. The number of fused-ring (bicyclic) bond motifs is 1. The molecule has 14 heavy (non-hydrogen) atoms. The van der Waals surface area contributed by atoms with Gasteiger partial charge in [0.2, 0.25) is 0 Å². The van der Waals surface area contributed by atoms with Crippen LogP contribution in [0.15, 0.2) is 12.1 Å². The molecule has 1 aromatic carbocycles. The number of halogens is 1. The normalized spacial score (nSPS) is 20.3. The van der Waals surface area contributed by atoms with Crippen LogP contribution < -0.4 is 10.2 Å². The molecule has 1 aromatic rings. The Morgan fingerprint density at radius 1 is 1.50 bits per heavy atom. The molecular formula is C11H15ClN2. The molecule has 0 amide bonds. The van der Waals surface area contributed by atoms with Crippen molar-refractivity contribution in [2.45, 2.75) is 19.9 Å². The van der Waals surface area contributed by atoms with Gasteiger partial charge in [0.05, 0.1) is 11.4 Å². The van der Waals surface area contributed by atoms with Crippen LogP contribution in [0.2, 0.25) is 5.02 Å². The molecule has 3 heteroatoms. The highest BCUT2D eigenvalue weighted by Gasteiger charge is 2.20. The number of hydrogen-bond acceptors (Lipinski definition) is 2. The summed E-state index contributed by atoms with van der Waals surface area (Å²) in [5, 5.41) is 4.31. The highest BCUT2D eigenvalue weighted by Crippen LogP contribution is 2.36. The minimum atomic E-state index is 0.477. The highest BCUT2D eigenvalue weighted by molar-refractivity contribution is 6.32. The first-order valence-electron chi connectivity index (χ1n) is 4.86. The lowest BCUT2D eigenvalue weighted by Gasteiger charge is -2.34. The third-order valence-electron chi connectivity index (χ3n) is 2.73. The first-order chi connectivity index (χ1) is 6.59. The smallest absolute Gasteiger partial charge is 0.0625 e. The summed E-state index contributed by atoms with van der Waals surface area (Å²) in [6.45, 7) is 5.27. The first-order valence-corrected chi connectivity index (χ1v) is 5.24. The number of nitrogens with zero attached hydrogens (tertiary/aromatic N) is 1. The van der Waals surface area contributed by atoms with Gasteiger partial charge < -0.3 is 10.2 Å². The number of benzene rings is 1. The Morgan fingerprint density at radius 2 is 2.21 bits per heavy atom. The molecule has 0 aliphatic carbocycles. The van der Waals surface area contributed by atoms with Crippen molar-refractivity contribution in [3.63, 3.8) is 0 Å². The van der Waals surface area contributed by atoms with E-state index in [1.165, 1.54) is 11.4 Å². The van der Waals surface area contributed by atoms with Gasteiger partial charge in [0.25, 0.3) is 0 Å². The molecule has 2 nitrogen and oxygen atoms in total. The molecule has 1 N–H and O–H groups in total. The molecule has 0 saturated heterocycles. The van der Waals surface area contributed by atoms with Crippen LogP contribution in [0.5, 0.6) is 0 Å². The van der Waals surface area contributed by atoms with E-state index in [0.29, 0.717) is 6.04 Å². The maximum atomic E-state index is 6.08. The molecular weight excluding hydrogens is 196 g/mol. The highest BCUT2D eigenvalue weighted by atomic mass is 35.5. The molecule has 1 heterocycles. The molecule has 76 valence electrons. The number of nitrogens with one attached hydrogen (secondary N) is 1. The van der Waals surface area contributed by atoms with Gasteiger partial charge in [0.1, 0.15) is 0 Å². The lowest BCUT2D eigenvalue weighted by Crippen LogP contribution is -2.37. The fraction of sp³-hybridized carbons (Fsp3) is 0.455. The summed E-state index contributed by atoms with van der Waals surface area (Å²) in [5.41, 5.74) is 3.56. The summed E-state index contributed by atoms with van der Waals surface area (Å²) < 4.78 is 0. The molecule has 0 fully saturated rings. The SMILES string of the molecule is Cc1c(Cl)ccc2c1NC(C)CN2C. The minimum absolute atomic E-state index is 0.477. The van der Waals surface area contributed by atoms with Gasteiger partial charge in [-0.3, -0.25) is 0 Å². The van der Waals surface area contributed by atoms with E-state index in [4.69, 9.17) is 11.6 Å². The molecule has 0 saturated carbocycles. The van der Waals surface area contributed by atoms with E-state index in [9.17, 15) is 0 Å². The van der Waals surface area contributed by atoms with Crippen molar-refractivity contribution >= 4 is 23.0 Å². The number of rotatable bonds is 0. The number of anilines is 2. The molecule has 0 spiro atoms. The lowest BCUT2D eigenvalue weighted by atomic mass is 10.1. The predicted molar refractivity (Wildman–Crippen MR) is 62.5 cm³/mol. The van der Waals surface area contributed by atoms with E-state index in [2.05, 4.69) is 37.2 Å². The van der Waals surface area contributed by atoms with Gasteiger partial charge in [0.15, 0.2) is 0 Å². The van der Waals surface area contributed by atoms with Crippen LogP contribution in [0.4, 0.5) is 11.4 Å². The monoisotopic (exact) mass is 210 g/mol. The van der Waals surface area contributed by atoms with Crippen LogP contribution in [0.1, 0.15) is 12.5 Å². The summed E-state index contributed by atoms with van der Waals surface area (Å²) >= 11 is 6.08. The zero-order valence-corrected chi connectivity index (χ0v) is 9.52. The third kappa shape index (κ3) is 1.44. The van der Waals surface area contributed by atoms with Crippen LogP contribution in [-0.4, -0.2) is 19.6 Å². The fourth-order valence-electron chi connectivity index (χ4n) is 1.97. The Bertz CT molecular complexity index is 363. The molecule has 1 aliphatic rings. The molecule has 0 radical (unpaired) electrons. The molecule has 1 atom stereocenters. The Balaban J connectivity index is 2.54. The van der Waals surface area contributed by atoms with E-state index in [1.54, 1.807) is 0 Å². The predicted octanol–water partition coefficient (Wildman–Crippen LogP) is 2.90. The van der Waals surface area contributed by atoms with E-state index in [-0.39, 0.29) is 0 Å². The van der Waals surface area contributed by atoms with Crippen molar-refractivity contribution in [2.24, 2.45) is 0 Å². The first kappa shape index (κ1) is 9.66. The average molecular weight is 211 g/mol. The number of hydrogen-bond donors (Lipinski definition) is 1. The largest absolute Gasteiger partial charge is 0.379 e. The lowest BCUT2D eigenvalue weighted by molar-refractivity contribution is 0.736. The van der Waals surface area contributed by atoms with Crippen LogP contribution in [0.3, 0.4) is 0 Å². The topological polar surface area (TPSA) is 15.3 Å². The van der Waals surface area contributed by atoms with Gasteiger partial charge in [-0.1, -0.05) is 11.6 Å². The van der Waals surface area contributed by atoms with Gasteiger partial charge >= 0.3 is 0 Å². The van der Waals surface area contributed by atoms with Crippen molar-refractivity contribution in [1.82, 2.24) is 0 Å². The molecule has 1 unspecified atom stereocenters. The van der Waals surface area contributed by atoms with Crippen LogP contribution in [-0.2, 0) is 0 Å². The zero-order chi connectivity index (χ0) is 10.3. The summed E-state index contributed by atoms with van der Waals surface area (Å²) in [4.78, 5) is 2.26. The maximum Gasteiger partial charge on any atom is 0.0625 e. The summed E-state index contributed by atoms with van der Waals surface area (Å²) in [7, 11) is 2.11. The van der Waals surface area contributed by atoms with Gasteiger partial charge in [-0.25, -0.2) is 0 Å². The maximum absolute atomic E-state index is 6.08. The standard InChI is InChI=1S/C11H15ClN2/c1-7-6-14(3)10-5-4-9(12)8(2)11(10)13-7/h4-5,7,13H,6H2,1-3H3. The third-order valence-corrected chi connectivity index (χ3v) is 3.14. The quantitative estimate of drug-likeness (QED) is 0.709. The molecule has 1 aliphatic heterocycles. The van der Waals surface area contributed by atoms with Crippen LogP contribution in [0.25, 0.3) is 0 Å². The second-order valence-electron chi connectivity index (χ2n) is 3.99. The van der Waals surface area contributed by atoms with Crippen molar-refractivity contribution in [2.75, 3.05) is 23.8 Å². The van der Waals surface area contributed by atoms with E-state index < -0.39 is 0 Å². The molecule has 2 rings (SSSR count). The van der Waals surface area contributed by atoms with Gasteiger partial charge in [0, 0.05) is 24.7 Å². The second kappa shape index (κ2) is 3.35. The van der Waals surface area contributed by atoms with Gasteiger partial charge in [-0.05, 0) is 31.5 Å². The Morgan fingerprint density at radius 3 is 2.93 bits per heavy atom. The number of likely N-dealkylation sites (N-methyl/N-ethyl adjacent to an activating group) is 1. The van der Waals surface area contributed by atoms with Crippen molar-refractivity contribution < 1.29 is 0 Å². The van der Waals surface area contributed by atoms with Crippen LogP contribution >= 0.6 is 11.6 Å². The molecule has 0 aromatic heterocycles. The summed E-state index contributed by atoms with van der Waals surface area (Å²) in [6.07, 6.45) is 0. The van der Waals surface area contributed by atoms with E-state index in [0.717, 1.165) is 17.1 Å². The van der Waals surface area contributed by atoms with E-state index >= 15 is 0 Å². The van der Waals surface area contributed by atoms with Crippen molar-refractivity contribution in [3.8, 4) is 0 Å². The van der Waals surface area contributed by atoms with E-state index in [1.807, 2.05) is 6.07 Å². The fourth-order valence-corrected chi connectivity index (χ4v) is 2.13. The zero-order valence-electron chi connectivity index (χ0n) is 8.76. The Kier molecular flexibility index (Phi) is 2.31. The minimum Gasteiger partial charge on any atom is -0.379 e.